The first-order valence-electron chi connectivity index (χ1n) is 12.7. The maximum atomic E-state index is 11.2. The van der Waals surface area contributed by atoms with E-state index in [1.54, 1.807) is 6.07 Å². The molecule has 0 aliphatic heterocycles. The van der Waals surface area contributed by atoms with Crippen molar-refractivity contribution in [1.29, 1.82) is 5.26 Å². The highest BCUT2D eigenvalue weighted by molar-refractivity contribution is 7.16. The summed E-state index contributed by atoms with van der Waals surface area (Å²) in [5.41, 5.74) is 9.41. The highest BCUT2D eigenvalue weighted by atomic mass is 32.1. The first kappa shape index (κ1) is 24.4. The second kappa shape index (κ2) is 10.4. The fourth-order valence-electron chi connectivity index (χ4n) is 5.15. The average molecular weight is 525 g/mol. The lowest BCUT2D eigenvalue weighted by Gasteiger charge is -2.28. The third-order valence-corrected chi connectivity index (χ3v) is 8.06. The average Bonchev–Trinajstić information content (AvgIpc) is 3.45. The van der Waals surface area contributed by atoms with Crippen LogP contribution in [-0.2, 0) is 17.6 Å². The molecular weight excluding hydrogens is 500 g/mol. The molecule has 1 heterocycles. The lowest BCUT2D eigenvalue weighted by molar-refractivity contribution is -0.132. The van der Waals surface area contributed by atoms with E-state index >= 15 is 0 Å². The van der Waals surface area contributed by atoms with Crippen molar-refractivity contribution in [2.45, 2.75) is 12.8 Å². The van der Waals surface area contributed by atoms with E-state index in [0.29, 0.717) is 0 Å². The lowest BCUT2D eigenvalue weighted by Crippen LogP contribution is -2.11. The number of nitrogens with zero attached hydrogens (tertiary/aromatic N) is 2. The predicted octanol–water partition coefficient (Wildman–Crippen LogP) is 8.64. The van der Waals surface area contributed by atoms with Gasteiger partial charge in [-0.2, -0.15) is 5.26 Å². The minimum absolute atomic E-state index is 0.261. The number of hydrogen-bond acceptors (Lipinski definition) is 4. The Morgan fingerprint density at radius 1 is 0.769 bits per heavy atom. The number of carbonyl (C=O) groups is 1. The van der Waals surface area contributed by atoms with Gasteiger partial charge >= 0.3 is 5.97 Å². The first-order chi connectivity index (χ1) is 19.1. The minimum Gasteiger partial charge on any atom is -0.477 e. The van der Waals surface area contributed by atoms with Crippen LogP contribution in [0, 0.1) is 11.3 Å². The minimum atomic E-state index is -1.21. The Kier molecular flexibility index (Phi) is 6.54. The fourth-order valence-corrected chi connectivity index (χ4v) is 6.09. The molecule has 39 heavy (non-hydrogen) atoms. The van der Waals surface area contributed by atoms with E-state index in [4.69, 9.17) is 10.4 Å². The Morgan fingerprint density at radius 2 is 1.38 bits per heavy atom. The van der Waals surface area contributed by atoms with Crippen LogP contribution in [0.15, 0.2) is 115 Å². The summed E-state index contributed by atoms with van der Waals surface area (Å²) in [5, 5.41) is 18.2. The van der Waals surface area contributed by atoms with Crippen molar-refractivity contribution in [1.82, 2.24) is 0 Å². The zero-order chi connectivity index (χ0) is 26.8. The number of fused-ring (bicyclic) bond motifs is 3. The zero-order valence-electron chi connectivity index (χ0n) is 21.0. The van der Waals surface area contributed by atoms with Crippen LogP contribution in [0.5, 0.6) is 0 Å². The SMILES string of the molecule is N#C/C(=C\c1ccc(-c2ccc3c(c2)CCc2cc(N(c4ccccc4)c4ccccc4)ccc2-3)s1)C(=O)O. The number of nitriles is 1. The van der Waals surface area contributed by atoms with Crippen LogP contribution in [0.1, 0.15) is 16.0 Å². The largest absolute Gasteiger partial charge is 0.477 e. The van der Waals surface area contributed by atoms with Crippen LogP contribution in [0.4, 0.5) is 17.1 Å². The Morgan fingerprint density at radius 3 is 2.00 bits per heavy atom. The molecule has 5 aromatic rings. The summed E-state index contributed by atoms with van der Waals surface area (Å²) < 4.78 is 0. The number of rotatable bonds is 6. The maximum absolute atomic E-state index is 11.2. The van der Waals surface area contributed by atoms with E-state index in [-0.39, 0.29) is 5.57 Å². The number of benzene rings is 4. The monoisotopic (exact) mass is 524 g/mol. The fraction of sp³-hybridized carbons (Fsp3) is 0.0588. The molecule has 1 aliphatic rings. The van der Waals surface area contributed by atoms with E-state index < -0.39 is 5.97 Å². The number of anilines is 3. The van der Waals surface area contributed by atoms with Gasteiger partial charge < -0.3 is 10.0 Å². The molecule has 0 unspecified atom stereocenters. The summed E-state index contributed by atoms with van der Waals surface area (Å²) in [6.07, 6.45) is 3.34. The van der Waals surface area contributed by atoms with Gasteiger partial charge in [0.2, 0.25) is 0 Å². The number of thiophene rings is 1. The van der Waals surface area contributed by atoms with Crippen molar-refractivity contribution in [2.24, 2.45) is 0 Å². The van der Waals surface area contributed by atoms with E-state index in [2.05, 4.69) is 89.8 Å². The van der Waals surface area contributed by atoms with Crippen LogP contribution < -0.4 is 4.90 Å². The lowest BCUT2D eigenvalue weighted by atomic mass is 9.84. The molecule has 0 saturated heterocycles. The summed E-state index contributed by atoms with van der Waals surface area (Å²) in [7, 11) is 0. The molecule has 0 bridgehead atoms. The second-order valence-electron chi connectivity index (χ2n) is 9.40. The number of carboxylic acids is 1. The molecule has 4 aromatic carbocycles. The first-order valence-corrected chi connectivity index (χ1v) is 13.5. The van der Waals surface area contributed by atoms with Crippen molar-refractivity contribution in [2.75, 3.05) is 4.90 Å². The Hall–Kier alpha value is -4.92. The van der Waals surface area contributed by atoms with Gasteiger partial charge in [-0.1, -0.05) is 54.6 Å². The molecule has 188 valence electrons. The van der Waals surface area contributed by atoms with Crippen LogP contribution in [0.25, 0.3) is 27.6 Å². The zero-order valence-corrected chi connectivity index (χ0v) is 21.9. The van der Waals surface area contributed by atoms with Crippen LogP contribution in [-0.4, -0.2) is 11.1 Å². The van der Waals surface area contributed by atoms with Crippen molar-refractivity contribution >= 4 is 40.4 Å². The smallest absolute Gasteiger partial charge is 0.346 e. The Balaban J connectivity index is 1.33. The highest BCUT2D eigenvalue weighted by Crippen LogP contribution is 2.41. The predicted molar refractivity (Wildman–Crippen MR) is 159 cm³/mol. The Bertz CT molecular complexity index is 1710. The standard InChI is InChI=1S/C34H24N2O2S/c35-22-26(34(37)38)21-30-15-18-33(39-30)25-13-16-31-23(19-25)11-12-24-20-29(14-17-32(24)31)36(27-7-3-1-4-8-27)28-9-5-2-6-10-28/h1-10,13-21H,11-12H2,(H,37,38)/b26-21+. The van der Waals surface area contributed by atoms with Crippen molar-refractivity contribution in [3.05, 3.63) is 131 Å². The van der Waals surface area contributed by atoms with E-state index in [9.17, 15) is 4.79 Å². The molecule has 0 fully saturated rings. The summed E-state index contributed by atoms with van der Waals surface area (Å²) >= 11 is 1.49. The molecule has 0 spiro atoms. The van der Waals surface area contributed by atoms with Gasteiger partial charge in [0, 0.05) is 26.8 Å². The van der Waals surface area contributed by atoms with Gasteiger partial charge in [0.1, 0.15) is 11.6 Å². The topological polar surface area (TPSA) is 64.3 Å². The van der Waals surface area contributed by atoms with Gasteiger partial charge in [0.15, 0.2) is 0 Å². The molecule has 0 saturated carbocycles. The van der Waals surface area contributed by atoms with Gasteiger partial charge in [-0.15, -0.1) is 11.3 Å². The van der Waals surface area contributed by atoms with Gasteiger partial charge in [0.25, 0.3) is 0 Å². The number of aliphatic carboxylic acids is 1. The molecule has 1 aromatic heterocycles. The van der Waals surface area contributed by atoms with Gasteiger partial charge in [-0.25, -0.2) is 4.79 Å². The van der Waals surface area contributed by atoms with Crippen molar-refractivity contribution in [3.8, 4) is 27.6 Å². The number of para-hydroxylation sites is 2. The molecule has 1 N–H and O–H groups in total. The Labute approximate surface area is 231 Å². The summed E-state index contributed by atoms with van der Waals surface area (Å²) in [6, 6.07) is 39.8. The van der Waals surface area contributed by atoms with Crippen LogP contribution in [0.3, 0.4) is 0 Å². The molecule has 4 nitrogen and oxygen atoms in total. The number of hydrogen-bond donors (Lipinski definition) is 1. The molecule has 5 heteroatoms. The molecule has 0 atom stereocenters. The van der Waals surface area contributed by atoms with E-state index in [0.717, 1.165) is 45.2 Å². The molecule has 6 rings (SSSR count). The quantitative estimate of drug-likeness (QED) is 0.178. The summed E-state index contributed by atoms with van der Waals surface area (Å²) in [5.74, 6) is -1.21. The maximum Gasteiger partial charge on any atom is 0.346 e. The molecule has 0 radical (unpaired) electrons. The highest BCUT2D eigenvalue weighted by Gasteiger charge is 2.20. The third-order valence-electron chi connectivity index (χ3n) is 6.98. The second-order valence-corrected chi connectivity index (χ2v) is 10.5. The van der Waals surface area contributed by atoms with Crippen molar-refractivity contribution in [3.63, 3.8) is 0 Å². The van der Waals surface area contributed by atoms with E-state index in [1.807, 2.05) is 24.3 Å². The third kappa shape index (κ3) is 4.86. The number of aryl methyl sites for hydroxylation is 2. The summed E-state index contributed by atoms with van der Waals surface area (Å²) in [4.78, 5) is 15.3. The van der Waals surface area contributed by atoms with Gasteiger partial charge in [0.05, 0.1) is 0 Å². The number of carboxylic acid groups (broad SMARTS) is 1. The van der Waals surface area contributed by atoms with Gasteiger partial charge in [-0.3, -0.25) is 0 Å². The van der Waals surface area contributed by atoms with Crippen LogP contribution >= 0.6 is 11.3 Å². The van der Waals surface area contributed by atoms with E-state index in [1.165, 1.54) is 39.7 Å². The molecule has 0 amide bonds. The summed E-state index contributed by atoms with van der Waals surface area (Å²) in [6.45, 7) is 0. The van der Waals surface area contributed by atoms with Crippen molar-refractivity contribution < 1.29 is 9.90 Å². The molecular formula is C34H24N2O2S. The normalized spacial score (nSPS) is 12.2. The van der Waals surface area contributed by atoms with Gasteiger partial charge in [-0.05, 0) is 101 Å². The van der Waals surface area contributed by atoms with Crippen LogP contribution in [0.2, 0.25) is 0 Å². The molecule has 1 aliphatic carbocycles.